The van der Waals surface area contributed by atoms with Crippen molar-refractivity contribution in [2.24, 2.45) is 0 Å². The standard InChI is InChI=1S/C16H13F3N2O2S2/c1-10-7-12(24-9-20)8-11(2)15(10)21-25(22,23)14-6-4-3-5-13(14)16(17,18)19/h3-8,21H,1-2H3. The average molecular weight is 386 g/mol. The molecule has 0 heterocycles. The van der Waals surface area contributed by atoms with E-state index >= 15 is 0 Å². The van der Waals surface area contributed by atoms with Crippen molar-refractivity contribution in [3.63, 3.8) is 0 Å². The second kappa shape index (κ2) is 6.98. The van der Waals surface area contributed by atoms with E-state index in [1.54, 1.807) is 26.0 Å². The van der Waals surface area contributed by atoms with Crippen LogP contribution in [0.1, 0.15) is 16.7 Å². The van der Waals surface area contributed by atoms with Crippen LogP contribution in [-0.4, -0.2) is 8.42 Å². The van der Waals surface area contributed by atoms with Crippen LogP contribution in [0.2, 0.25) is 0 Å². The maximum atomic E-state index is 13.1. The highest BCUT2D eigenvalue weighted by atomic mass is 32.2. The molecule has 0 bridgehead atoms. The summed E-state index contributed by atoms with van der Waals surface area (Å²) in [6.45, 7) is 3.23. The number of halogens is 3. The summed E-state index contributed by atoms with van der Waals surface area (Å²) in [7, 11) is -4.44. The molecule has 0 aliphatic heterocycles. The number of benzene rings is 2. The molecule has 2 rings (SSSR count). The van der Waals surface area contributed by atoms with Crippen LogP contribution in [-0.2, 0) is 16.2 Å². The van der Waals surface area contributed by atoms with Crippen LogP contribution in [0.3, 0.4) is 0 Å². The third-order valence-corrected chi connectivity index (χ3v) is 5.36. The minimum absolute atomic E-state index is 0.194. The van der Waals surface area contributed by atoms with E-state index < -0.39 is 26.7 Å². The molecule has 0 fully saturated rings. The lowest BCUT2D eigenvalue weighted by molar-refractivity contribution is -0.139. The maximum absolute atomic E-state index is 13.1. The van der Waals surface area contributed by atoms with Crippen LogP contribution in [0.25, 0.3) is 0 Å². The van der Waals surface area contributed by atoms with E-state index in [0.717, 1.165) is 30.0 Å². The second-order valence-corrected chi connectivity index (χ2v) is 7.73. The van der Waals surface area contributed by atoms with E-state index in [1.165, 1.54) is 6.07 Å². The lowest BCUT2D eigenvalue weighted by Crippen LogP contribution is -2.19. The summed E-state index contributed by atoms with van der Waals surface area (Å²) in [5.74, 6) is 0. The Morgan fingerprint density at radius 2 is 1.68 bits per heavy atom. The fourth-order valence-corrected chi connectivity index (χ4v) is 4.33. The first-order valence-corrected chi connectivity index (χ1v) is 9.22. The van der Waals surface area contributed by atoms with E-state index in [-0.39, 0.29) is 5.69 Å². The van der Waals surface area contributed by atoms with Gasteiger partial charge in [0.2, 0.25) is 0 Å². The van der Waals surface area contributed by atoms with E-state index in [4.69, 9.17) is 5.26 Å². The molecule has 0 atom stereocenters. The van der Waals surface area contributed by atoms with Gasteiger partial charge in [0.1, 0.15) is 5.40 Å². The number of nitrogens with one attached hydrogen (secondary N) is 1. The molecule has 0 saturated heterocycles. The predicted octanol–water partition coefficient (Wildman–Crippen LogP) is 4.70. The zero-order valence-electron chi connectivity index (χ0n) is 13.2. The smallest absolute Gasteiger partial charge is 0.279 e. The van der Waals surface area contributed by atoms with Crippen molar-refractivity contribution in [3.8, 4) is 5.40 Å². The van der Waals surface area contributed by atoms with Gasteiger partial charge >= 0.3 is 6.18 Å². The Morgan fingerprint density at radius 1 is 1.12 bits per heavy atom. The second-order valence-electron chi connectivity index (χ2n) is 5.22. The van der Waals surface area contributed by atoms with Gasteiger partial charge in [-0.2, -0.15) is 18.4 Å². The fourth-order valence-electron chi connectivity index (χ4n) is 2.32. The van der Waals surface area contributed by atoms with Crippen molar-refractivity contribution in [3.05, 3.63) is 53.1 Å². The van der Waals surface area contributed by atoms with Gasteiger partial charge in [-0.1, -0.05) is 12.1 Å². The van der Waals surface area contributed by atoms with Crippen molar-refractivity contribution in [2.75, 3.05) is 4.72 Å². The quantitative estimate of drug-likeness (QED) is 0.611. The molecule has 9 heteroatoms. The van der Waals surface area contributed by atoms with Crippen LogP contribution in [0.15, 0.2) is 46.2 Å². The van der Waals surface area contributed by atoms with E-state index in [1.807, 2.05) is 5.40 Å². The summed E-state index contributed by atoms with van der Waals surface area (Å²) in [5, 5.41) is 10.6. The molecular weight excluding hydrogens is 373 g/mol. The maximum Gasteiger partial charge on any atom is 0.417 e. The van der Waals surface area contributed by atoms with Gasteiger partial charge in [0.05, 0.1) is 16.1 Å². The summed E-state index contributed by atoms with van der Waals surface area (Å²) >= 11 is 0.912. The number of hydrogen-bond donors (Lipinski definition) is 1. The van der Waals surface area contributed by atoms with Crippen LogP contribution in [0.5, 0.6) is 0 Å². The first-order valence-electron chi connectivity index (χ1n) is 6.92. The molecule has 0 radical (unpaired) electrons. The van der Waals surface area contributed by atoms with Crippen LogP contribution >= 0.6 is 11.8 Å². The van der Waals surface area contributed by atoms with Gasteiger partial charge in [0, 0.05) is 4.90 Å². The molecule has 4 nitrogen and oxygen atoms in total. The largest absolute Gasteiger partial charge is 0.417 e. The predicted molar refractivity (Wildman–Crippen MR) is 89.6 cm³/mol. The number of nitrogens with zero attached hydrogens (tertiary/aromatic N) is 1. The zero-order valence-corrected chi connectivity index (χ0v) is 14.8. The van der Waals surface area contributed by atoms with Gasteiger partial charge in [0.25, 0.3) is 10.0 Å². The SMILES string of the molecule is Cc1cc(SC#N)cc(C)c1NS(=O)(=O)c1ccccc1C(F)(F)F. The van der Waals surface area contributed by atoms with Crippen molar-refractivity contribution in [1.29, 1.82) is 5.26 Å². The highest BCUT2D eigenvalue weighted by Crippen LogP contribution is 2.35. The third-order valence-electron chi connectivity index (χ3n) is 3.39. The molecule has 0 aromatic heterocycles. The monoisotopic (exact) mass is 386 g/mol. The van der Waals surface area contributed by atoms with E-state index in [0.29, 0.717) is 16.0 Å². The topological polar surface area (TPSA) is 70.0 Å². The summed E-state index contributed by atoms with van der Waals surface area (Å²) in [6.07, 6.45) is -4.79. The van der Waals surface area contributed by atoms with Gasteiger partial charge < -0.3 is 0 Å². The Morgan fingerprint density at radius 3 is 2.20 bits per heavy atom. The van der Waals surface area contributed by atoms with Crippen molar-refractivity contribution in [2.45, 2.75) is 29.8 Å². The van der Waals surface area contributed by atoms with Crippen LogP contribution < -0.4 is 4.72 Å². The Kier molecular flexibility index (Phi) is 5.34. The number of thiocyanates is 1. The van der Waals surface area contributed by atoms with Crippen molar-refractivity contribution in [1.82, 2.24) is 0 Å². The van der Waals surface area contributed by atoms with Gasteiger partial charge in [-0.25, -0.2) is 8.42 Å². The van der Waals surface area contributed by atoms with Crippen LogP contribution in [0.4, 0.5) is 18.9 Å². The molecule has 0 unspecified atom stereocenters. The van der Waals surface area contributed by atoms with E-state index in [2.05, 4.69) is 4.72 Å². The summed E-state index contributed by atoms with van der Waals surface area (Å²) in [6, 6.07) is 7.18. The minimum Gasteiger partial charge on any atom is -0.279 e. The highest BCUT2D eigenvalue weighted by molar-refractivity contribution is 8.03. The van der Waals surface area contributed by atoms with Crippen molar-refractivity contribution >= 4 is 27.5 Å². The van der Waals surface area contributed by atoms with Crippen molar-refractivity contribution < 1.29 is 21.6 Å². The average Bonchev–Trinajstić information content (AvgIpc) is 2.50. The lowest BCUT2D eigenvalue weighted by Gasteiger charge is -2.17. The highest BCUT2D eigenvalue weighted by Gasteiger charge is 2.37. The normalized spacial score (nSPS) is 11.8. The first kappa shape index (κ1) is 19.1. The molecule has 25 heavy (non-hydrogen) atoms. The summed E-state index contributed by atoms with van der Waals surface area (Å²) in [5.41, 5.74) is -0.0228. The molecule has 2 aromatic carbocycles. The molecule has 132 valence electrons. The molecular formula is C16H13F3N2O2S2. The number of anilines is 1. The number of thioether (sulfide) groups is 1. The number of hydrogen-bond acceptors (Lipinski definition) is 4. The summed E-state index contributed by atoms with van der Waals surface area (Å²) < 4.78 is 66.5. The summed E-state index contributed by atoms with van der Waals surface area (Å²) in [4.78, 5) is -0.215. The fraction of sp³-hybridized carbons (Fsp3) is 0.188. The zero-order chi connectivity index (χ0) is 18.8. The van der Waals surface area contributed by atoms with E-state index in [9.17, 15) is 21.6 Å². The lowest BCUT2D eigenvalue weighted by atomic mass is 10.1. The number of alkyl halides is 3. The molecule has 2 aromatic rings. The Balaban J connectivity index is 2.50. The molecule has 0 aliphatic carbocycles. The molecule has 0 amide bonds. The Labute approximate surface area is 147 Å². The van der Waals surface area contributed by atoms with Crippen LogP contribution in [0, 0.1) is 24.5 Å². The first-order chi connectivity index (χ1) is 11.6. The number of aryl methyl sites for hydroxylation is 2. The molecule has 0 saturated carbocycles. The van der Waals surface area contributed by atoms with Gasteiger partial charge in [0.15, 0.2) is 0 Å². The number of nitriles is 1. The molecule has 1 N–H and O–H groups in total. The van der Waals surface area contributed by atoms with Gasteiger partial charge in [-0.3, -0.25) is 4.72 Å². The Hall–Kier alpha value is -2.18. The third kappa shape index (κ3) is 4.27. The minimum atomic E-state index is -4.79. The number of sulfonamides is 1. The van der Waals surface area contributed by atoms with Gasteiger partial charge in [-0.15, -0.1) is 0 Å². The number of rotatable bonds is 4. The Bertz CT molecular complexity index is 926. The van der Waals surface area contributed by atoms with Gasteiger partial charge in [-0.05, 0) is 61.0 Å². The molecule has 0 aliphatic rings. The molecule has 0 spiro atoms.